The van der Waals surface area contributed by atoms with E-state index in [1.54, 1.807) is 6.08 Å². The third-order valence-electron chi connectivity index (χ3n) is 4.07. The van der Waals surface area contributed by atoms with Gasteiger partial charge in [0.1, 0.15) is 0 Å². The van der Waals surface area contributed by atoms with Gasteiger partial charge in [0.05, 0.1) is 6.10 Å². The van der Waals surface area contributed by atoms with Gasteiger partial charge in [0, 0.05) is 12.1 Å². The van der Waals surface area contributed by atoms with Gasteiger partial charge in [-0.1, -0.05) is 38.1 Å². The van der Waals surface area contributed by atoms with Crippen molar-refractivity contribution >= 4 is 12.0 Å². The van der Waals surface area contributed by atoms with Crippen LogP contribution in [0.15, 0.2) is 30.3 Å². The predicted octanol–water partition coefficient (Wildman–Crippen LogP) is 3.24. The van der Waals surface area contributed by atoms with Gasteiger partial charge in [0.2, 0.25) is 5.91 Å². The van der Waals surface area contributed by atoms with E-state index in [0.717, 1.165) is 31.2 Å². The van der Waals surface area contributed by atoms with Crippen molar-refractivity contribution in [3.8, 4) is 0 Å². The van der Waals surface area contributed by atoms with Gasteiger partial charge in [0.25, 0.3) is 0 Å². The Bertz CT molecular complexity index is 482. The molecule has 0 saturated heterocycles. The van der Waals surface area contributed by atoms with Crippen LogP contribution in [0.5, 0.6) is 0 Å². The monoisotopic (exact) mass is 287 g/mol. The van der Waals surface area contributed by atoms with E-state index >= 15 is 0 Å². The number of benzene rings is 1. The highest BCUT2D eigenvalue weighted by Crippen LogP contribution is 2.18. The standard InChI is InChI=1S/C18H25NO2/c1-13(2)15-6-3-14(4-7-15)5-12-18(21)19-16-8-10-17(20)11-9-16/h3-7,12-13,16-17,20H,8-11H2,1-2H3,(H,19,21)/b12-5+. The molecule has 114 valence electrons. The molecule has 1 aromatic carbocycles. The molecule has 1 aliphatic carbocycles. The van der Waals surface area contributed by atoms with Crippen molar-refractivity contribution in [2.24, 2.45) is 0 Å². The third-order valence-corrected chi connectivity index (χ3v) is 4.07. The lowest BCUT2D eigenvalue weighted by molar-refractivity contribution is -0.117. The molecule has 1 aromatic rings. The Morgan fingerprint density at radius 1 is 1.19 bits per heavy atom. The van der Waals surface area contributed by atoms with Crippen molar-refractivity contribution in [1.29, 1.82) is 0 Å². The maximum Gasteiger partial charge on any atom is 0.244 e. The Labute approximate surface area is 127 Å². The largest absolute Gasteiger partial charge is 0.393 e. The Kier molecular flexibility index (Phi) is 5.57. The van der Waals surface area contributed by atoms with E-state index < -0.39 is 0 Å². The summed E-state index contributed by atoms with van der Waals surface area (Å²) in [4.78, 5) is 11.9. The molecule has 3 heteroatoms. The highest BCUT2D eigenvalue weighted by molar-refractivity contribution is 5.91. The van der Waals surface area contributed by atoms with Crippen LogP contribution in [0.1, 0.15) is 56.6 Å². The van der Waals surface area contributed by atoms with Crippen LogP contribution in [-0.4, -0.2) is 23.2 Å². The lowest BCUT2D eigenvalue weighted by Gasteiger charge is -2.25. The molecule has 0 atom stereocenters. The molecular formula is C18H25NO2. The number of hydrogen-bond acceptors (Lipinski definition) is 2. The first-order chi connectivity index (χ1) is 10.0. The second-order valence-corrected chi connectivity index (χ2v) is 6.17. The normalized spacial score (nSPS) is 22.7. The van der Waals surface area contributed by atoms with Crippen LogP contribution >= 0.6 is 0 Å². The van der Waals surface area contributed by atoms with Crippen LogP contribution in [0.3, 0.4) is 0 Å². The molecule has 1 saturated carbocycles. The maximum atomic E-state index is 11.9. The van der Waals surface area contributed by atoms with Crippen LogP contribution in [0.25, 0.3) is 6.08 Å². The van der Waals surface area contributed by atoms with Crippen molar-refractivity contribution in [2.75, 3.05) is 0 Å². The highest BCUT2D eigenvalue weighted by atomic mass is 16.3. The number of hydrogen-bond donors (Lipinski definition) is 2. The van der Waals surface area contributed by atoms with E-state index in [1.807, 2.05) is 18.2 Å². The summed E-state index contributed by atoms with van der Waals surface area (Å²) in [6, 6.07) is 8.48. The molecule has 1 amide bonds. The summed E-state index contributed by atoms with van der Waals surface area (Å²) < 4.78 is 0. The smallest absolute Gasteiger partial charge is 0.244 e. The van der Waals surface area contributed by atoms with Gasteiger partial charge < -0.3 is 10.4 Å². The molecule has 1 fully saturated rings. The summed E-state index contributed by atoms with van der Waals surface area (Å²) in [7, 11) is 0. The molecule has 1 aliphatic rings. The van der Waals surface area contributed by atoms with Gasteiger partial charge in [-0.2, -0.15) is 0 Å². The number of rotatable bonds is 4. The summed E-state index contributed by atoms with van der Waals surface area (Å²) in [6.07, 6.45) is 6.55. The second-order valence-electron chi connectivity index (χ2n) is 6.17. The second kappa shape index (κ2) is 7.41. The summed E-state index contributed by atoms with van der Waals surface area (Å²) in [6.45, 7) is 4.33. The topological polar surface area (TPSA) is 49.3 Å². The molecule has 0 aromatic heterocycles. The average molecular weight is 287 g/mol. The van der Waals surface area contributed by atoms with Crippen molar-refractivity contribution in [1.82, 2.24) is 5.32 Å². The minimum atomic E-state index is -0.187. The highest BCUT2D eigenvalue weighted by Gasteiger charge is 2.19. The van der Waals surface area contributed by atoms with Crippen molar-refractivity contribution < 1.29 is 9.90 Å². The quantitative estimate of drug-likeness (QED) is 0.835. The first kappa shape index (κ1) is 15.8. The van der Waals surface area contributed by atoms with E-state index in [-0.39, 0.29) is 18.1 Å². The van der Waals surface area contributed by atoms with Gasteiger partial charge in [-0.25, -0.2) is 0 Å². The first-order valence-corrected chi connectivity index (χ1v) is 7.81. The van der Waals surface area contributed by atoms with Crippen molar-refractivity contribution in [3.05, 3.63) is 41.5 Å². The van der Waals surface area contributed by atoms with Gasteiger partial charge in [0.15, 0.2) is 0 Å². The van der Waals surface area contributed by atoms with Crippen molar-refractivity contribution in [2.45, 2.75) is 57.6 Å². The number of nitrogens with one attached hydrogen (secondary N) is 1. The Balaban J connectivity index is 1.84. The predicted molar refractivity (Wildman–Crippen MR) is 86.0 cm³/mol. The Morgan fingerprint density at radius 3 is 2.38 bits per heavy atom. The van der Waals surface area contributed by atoms with Gasteiger partial charge in [-0.3, -0.25) is 4.79 Å². The lowest BCUT2D eigenvalue weighted by atomic mass is 9.93. The summed E-state index contributed by atoms with van der Waals surface area (Å²) in [5, 5.41) is 12.5. The molecule has 0 heterocycles. The minimum absolute atomic E-state index is 0.0516. The van der Waals surface area contributed by atoms with Gasteiger partial charge in [-0.05, 0) is 48.8 Å². The molecule has 0 bridgehead atoms. The summed E-state index contributed by atoms with van der Waals surface area (Å²) >= 11 is 0. The zero-order chi connectivity index (χ0) is 15.2. The third kappa shape index (κ3) is 5.01. The van der Waals surface area contributed by atoms with Crippen LogP contribution in [0.4, 0.5) is 0 Å². The fourth-order valence-corrected chi connectivity index (χ4v) is 2.63. The molecule has 0 unspecified atom stereocenters. The molecule has 21 heavy (non-hydrogen) atoms. The number of amides is 1. The fourth-order valence-electron chi connectivity index (χ4n) is 2.63. The first-order valence-electron chi connectivity index (χ1n) is 7.81. The maximum absolute atomic E-state index is 11.9. The van der Waals surface area contributed by atoms with Gasteiger partial charge >= 0.3 is 0 Å². The molecule has 3 nitrogen and oxygen atoms in total. The molecule has 2 rings (SSSR count). The molecule has 0 spiro atoms. The van der Waals surface area contributed by atoms with Gasteiger partial charge in [-0.15, -0.1) is 0 Å². The number of carbonyl (C=O) groups excluding carboxylic acids is 1. The Hall–Kier alpha value is -1.61. The summed E-state index contributed by atoms with van der Waals surface area (Å²) in [5.41, 5.74) is 2.34. The van der Waals surface area contributed by atoms with Crippen LogP contribution in [0.2, 0.25) is 0 Å². The minimum Gasteiger partial charge on any atom is -0.393 e. The number of carbonyl (C=O) groups is 1. The van der Waals surface area contributed by atoms with Crippen LogP contribution in [0, 0.1) is 0 Å². The van der Waals surface area contributed by atoms with Crippen LogP contribution in [-0.2, 0) is 4.79 Å². The lowest BCUT2D eigenvalue weighted by Crippen LogP contribution is -2.37. The molecule has 0 radical (unpaired) electrons. The molecular weight excluding hydrogens is 262 g/mol. The van der Waals surface area contributed by atoms with E-state index in [2.05, 4.69) is 31.3 Å². The average Bonchev–Trinajstić information content (AvgIpc) is 2.48. The van der Waals surface area contributed by atoms with Crippen molar-refractivity contribution in [3.63, 3.8) is 0 Å². The molecule has 0 aliphatic heterocycles. The van der Waals surface area contributed by atoms with E-state index in [9.17, 15) is 9.90 Å². The Morgan fingerprint density at radius 2 is 1.81 bits per heavy atom. The SMILES string of the molecule is CC(C)c1ccc(/C=C/C(=O)NC2CCC(O)CC2)cc1. The zero-order valence-corrected chi connectivity index (χ0v) is 12.9. The molecule has 2 N–H and O–H groups in total. The van der Waals surface area contributed by atoms with E-state index in [1.165, 1.54) is 5.56 Å². The fraction of sp³-hybridized carbons (Fsp3) is 0.500. The van der Waals surface area contributed by atoms with E-state index in [0.29, 0.717) is 5.92 Å². The van der Waals surface area contributed by atoms with Crippen LogP contribution < -0.4 is 5.32 Å². The number of aliphatic hydroxyl groups excluding tert-OH is 1. The summed E-state index contributed by atoms with van der Waals surface area (Å²) in [5.74, 6) is 0.470. The zero-order valence-electron chi connectivity index (χ0n) is 12.9. The van der Waals surface area contributed by atoms with E-state index in [4.69, 9.17) is 0 Å². The number of aliphatic hydroxyl groups is 1.